The minimum Gasteiger partial charge on any atom is -0.271 e. The molecule has 0 saturated heterocycles. The van der Waals surface area contributed by atoms with Crippen molar-refractivity contribution in [1.29, 1.82) is 0 Å². The van der Waals surface area contributed by atoms with E-state index in [9.17, 15) is 0 Å². The molecule has 0 aliphatic rings. The Morgan fingerprint density at radius 1 is 0.500 bits per heavy atom. The van der Waals surface area contributed by atoms with Crippen LogP contribution < -0.4 is 22.5 Å². The minimum absolute atomic E-state index is 0.947. The summed E-state index contributed by atoms with van der Waals surface area (Å²) in [5.74, 6) is 10.3. The van der Waals surface area contributed by atoms with Gasteiger partial charge in [0.25, 0.3) is 0 Å². The second kappa shape index (κ2) is 12.8. The first-order valence-corrected chi connectivity index (χ1v) is 5.78. The van der Waals surface area contributed by atoms with Crippen molar-refractivity contribution >= 4 is 0 Å². The van der Waals surface area contributed by atoms with Crippen molar-refractivity contribution in [1.82, 2.24) is 10.9 Å². The van der Waals surface area contributed by atoms with E-state index in [1.165, 1.54) is 51.4 Å². The van der Waals surface area contributed by atoms with Gasteiger partial charge in [0.2, 0.25) is 0 Å². The molecule has 0 aromatic rings. The maximum Gasteiger partial charge on any atom is 0.00974 e. The largest absolute Gasteiger partial charge is 0.271 e. The number of hydrazine groups is 2. The average Bonchev–Trinajstić information content (AvgIpc) is 2.21. The van der Waals surface area contributed by atoms with Crippen LogP contribution in [-0.4, -0.2) is 13.1 Å². The molecule has 0 fully saturated rings. The van der Waals surface area contributed by atoms with Crippen LogP contribution in [0.15, 0.2) is 0 Å². The van der Waals surface area contributed by atoms with Gasteiger partial charge in [0.05, 0.1) is 0 Å². The minimum atomic E-state index is 0.947. The molecule has 86 valence electrons. The highest BCUT2D eigenvalue weighted by Crippen LogP contribution is 2.07. The van der Waals surface area contributed by atoms with Gasteiger partial charge in [-0.2, -0.15) is 0 Å². The van der Waals surface area contributed by atoms with Crippen molar-refractivity contribution in [2.45, 2.75) is 51.4 Å². The molecule has 0 saturated carbocycles. The third-order valence-electron chi connectivity index (χ3n) is 2.39. The number of unbranched alkanes of at least 4 members (excludes halogenated alkanes) is 7. The molecule has 0 aromatic carbocycles. The standard InChI is InChI=1S/C10H26N4/c11-13-9-7-5-3-1-2-4-6-8-10-14-12/h13-14H,1-12H2. The van der Waals surface area contributed by atoms with Crippen molar-refractivity contribution in [2.75, 3.05) is 13.1 Å². The van der Waals surface area contributed by atoms with Crippen molar-refractivity contribution in [3.63, 3.8) is 0 Å². The van der Waals surface area contributed by atoms with E-state index in [0.29, 0.717) is 0 Å². The van der Waals surface area contributed by atoms with Crippen LogP contribution in [0.1, 0.15) is 51.4 Å². The van der Waals surface area contributed by atoms with Crippen LogP contribution in [0.5, 0.6) is 0 Å². The van der Waals surface area contributed by atoms with E-state index < -0.39 is 0 Å². The van der Waals surface area contributed by atoms with E-state index in [-0.39, 0.29) is 0 Å². The summed E-state index contributed by atoms with van der Waals surface area (Å²) in [5.41, 5.74) is 5.35. The number of nitrogens with two attached hydrogens (primary N) is 2. The molecule has 4 nitrogen and oxygen atoms in total. The number of hydrogen-bond acceptors (Lipinski definition) is 4. The first-order chi connectivity index (χ1) is 6.91. The maximum absolute atomic E-state index is 5.17. The Balaban J connectivity index is 2.78. The van der Waals surface area contributed by atoms with Crippen LogP contribution >= 0.6 is 0 Å². The van der Waals surface area contributed by atoms with E-state index in [0.717, 1.165) is 13.1 Å². The third-order valence-corrected chi connectivity index (χ3v) is 2.39. The molecule has 0 bridgehead atoms. The van der Waals surface area contributed by atoms with Gasteiger partial charge in [0.15, 0.2) is 0 Å². The molecule has 0 unspecified atom stereocenters. The van der Waals surface area contributed by atoms with Gasteiger partial charge in [-0.15, -0.1) is 0 Å². The molecule has 0 radical (unpaired) electrons. The monoisotopic (exact) mass is 202 g/mol. The van der Waals surface area contributed by atoms with Crippen LogP contribution in [0, 0.1) is 0 Å². The van der Waals surface area contributed by atoms with Crippen LogP contribution in [0.25, 0.3) is 0 Å². The predicted octanol–water partition coefficient (Wildman–Crippen LogP) is 1.03. The quantitative estimate of drug-likeness (QED) is 0.229. The summed E-state index contributed by atoms with van der Waals surface area (Å²) in [6.45, 7) is 1.89. The second-order valence-corrected chi connectivity index (χ2v) is 3.74. The zero-order chi connectivity index (χ0) is 10.5. The first kappa shape index (κ1) is 13.8. The first-order valence-electron chi connectivity index (χ1n) is 5.78. The molecule has 0 amide bonds. The Morgan fingerprint density at radius 3 is 1.07 bits per heavy atom. The van der Waals surface area contributed by atoms with Gasteiger partial charge >= 0.3 is 0 Å². The van der Waals surface area contributed by atoms with Crippen LogP contribution in [0.2, 0.25) is 0 Å². The highest BCUT2D eigenvalue weighted by Gasteiger charge is 1.91. The summed E-state index contributed by atoms with van der Waals surface area (Å²) >= 11 is 0. The van der Waals surface area contributed by atoms with Crippen molar-refractivity contribution < 1.29 is 0 Å². The lowest BCUT2D eigenvalue weighted by Crippen LogP contribution is -2.22. The topological polar surface area (TPSA) is 76.1 Å². The Morgan fingerprint density at radius 2 is 0.786 bits per heavy atom. The lowest BCUT2D eigenvalue weighted by atomic mass is 10.1. The number of nitrogens with one attached hydrogen (secondary N) is 2. The van der Waals surface area contributed by atoms with Gasteiger partial charge in [-0.25, -0.2) is 0 Å². The molecule has 0 aliphatic heterocycles. The summed E-state index contributed by atoms with van der Waals surface area (Å²) < 4.78 is 0. The molecular formula is C10H26N4. The summed E-state index contributed by atoms with van der Waals surface area (Å²) in [7, 11) is 0. The van der Waals surface area contributed by atoms with Crippen molar-refractivity contribution in [3.8, 4) is 0 Å². The van der Waals surface area contributed by atoms with Crippen LogP contribution in [-0.2, 0) is 0 Å². The molecule has 0 aromatic heterocycles. The summed E-state index contributed by atoms with van der Waals surface area (Å²) in [6.07, 6.45) is 10.4. The van der Waals surface area contributed by atoms with E-state index in [2.05, 4.69) is 10.9 Å². The zero-order valence-corrected chi connectivity index (χ0v) is 9.23. The maximum atomic E-state index is 5.17. The van der Waals surface area contributed by atoms with Gasteiger partial charge in [-0.05, 0) is 12.8 Å². The van der Waals surface area contributed by atoms with E-state index in [4.69, 9.17) is 11.7 Å². The summed E-state index contributed by atoms with van der Waals surface area (Å²) in [4.78, 5) is 0. The molecule has 0 rings (SSSR count). The molecule has 0 atom stereocenters. The fraction of sp³-hybridized carbons (Fsp3) is 1.00. The SMILES string of the molecule is NNCCCCCCCCCCNN. The lowest BCUT2D eigenvalue weighted by molar-refractivity contribution is 0.546. The van der Waals surface area contributed by atoms with Gasteiger partial charge in [-0.3, -0.25) is 22.5 Å². The normalized spacial score (nSPS) is 10.7. The molecule has 6 N–H and O–H groups in total. The fourth-order valence-corrected chi connectivity index (χ4v) is 1.51. The lowest BCUT2D eigenvalue weighted by Gasteiger charge is -2.02. The van der Waals surface area contributed by atoms with Gasteiger partial charge in [0, 0.05) is 13.1 Å². The number of rotatable bonds is 11. The molecular weight excluding hydrogens is 176 g/mol. The van der Waals surface area contributed by atoms with Crippen molar-refractivity contribution in [2.24, 2.45) is 11.7 Å². The highest BCUT2D eigenvalue weighted by molar-refractivity contribution is 4.48. The highest BCUT2D eigenvalue weighted by atomic mass is 15.2. The summed E-state index contributed by atoms with van der Waals surface area (Å²) in [5, 5.41) is 0. The predicted molar refractivity (Wildman–Crippen MR) is 61.3 cm³/mol. The van der Waals surface area contributed by atoms with E-state index in [1.807, 2.05) is 0 Å². The Labute approximate surface area is 87.7 Å². The molecule has 0 spiro atoms. The molecule has 0 aliphatic carbocycles. The van der Waals surface area contributed by atoms with Crippen molar-refractivity contribution in [3.05, 3.63) is 0 Å². The average molecular weight is 202 g/mol. The van der Waals surface area contributed by atoms with Crippen LogP contribution in [0.3, 0.4) is 0 Å². The molecule has 0 heterocycles. The van der Waals surface area contributed by atoms with Crippen LogP contribution in [0.4, 0.5) is 0 Å². The van der Waals surface area contributed by atoms with Gasteiger partial charge in [0.1, 0.15) is 0 Å². The Hall–Kier alpha value is -0.160. The fourth-order valence-electron chi connectivity index (χ4n) is 1.51. The van der Waals surface area contributed by atoms with Gasteiger partial charge < -0.3 is 0 Å². The third kappa shape index (κ3) is 11.8. The summed E-state index contributed by atoms with van der Waals surface area (Å²) in [6, 6.07) is 0. The Bertz CT molecular complexity index is 86.1. The Kier molecular flexibility index (Phi) is 12.7. The smallest absolute Gasteiger partial charge is 0.00974 e. The van der Waals surface area contributed by atoms with E-state index in [1.54, 1.807) is 0 Å². The van der Waals surface area contributed by atoms with Gasteiger partial charge in [-0.1, -0.05) is 38.5 Å². The van der Waals surface area contributed by atoms with E-state index >= 15 is 0 Å². The number of hydrogen-bond donors (Lipinski definition) is 4. The second-order valence-electron chi connectivity index (χ2n) is 3.74. The molecule has 14 heavy (non-hydrogen) atoms. The molecule has 4 heteroatoms. The zero-order valence-electron chi connectivity index (χ0n) is 9.23.